The molecule has 0 spiro atoms. The van der Waals surface area contributed by atoms with E-state index in [9.17, 15) is 19.5 Å². The summed E-state index contributed by atoms with van der Waals surface area (Å²) in [6, 6.07) is 8.51. The Morgan fingerprint density at radius 1 is 1.00 bits per heavy atom. The van der Waals surface area contributed by atoms with E-state index >= 15 is 0 Å². The molecule has 3 rings (SSSR count). The van der Waals surface area contributed by atoms with Crippen molar-refractivity contribution in [2.24, 2.45) is 22.2 Å². The first-order chi connectivity index (χ1) is 14.7. The van der Waals surface area contributed by atoms with Gasteiger partial charge >= 0.3 is 0 Å². The average molecular weight is 419 g/mol. The zero-order chi connectivity index (χ0) is 23.0. The fourth-order valence-corrected chi connectivity index (χ4v) is 5.68. The Kier molecular flexibility index (Phi) is 5.79. The molecule has 162 valence electrons. The molecule has 0 amide bonds. The van der Waals surface area contributed by atoms with Gasteiger partial charge in [0.25, 0.3) is 0 Å². The van der Waals surface area contributed by atoms with Crippen molar-refractivity contribution in [3.05, 3.63) is 79.4 Å². The van der Waals surface area contributed by atoms with Crippen molar-refractivity contribution in [1.82, 2.24) is 0 Å². The highest BCUT2D eigenvalue weighted by Crippen LogP contribution is 2.65. The minimum absolute atomic E-state index is 0.100. The number of benzene rings is 1. The lowest BCUT2D eigenvalue weighted by atomic mass is 9.39. The summed E-state index contributed by atoms with van der Waals surface area (Å²) in [7, 11) is 0. The van der Waals surface area contributed by atoms with Gasteiger partial charge in [0.05, 0.1) is 5.41 Å². The van der Waals surface area contributed by atoms with Gasteiger partial charge < -0.3 is 5.11 Å². The summed E-state index contributed by atoms with van der Waals surface area (Å²) in [6.07, 6.45) is 5.98. The molecular formula is C27H30O4. The lowest BCUT2D eigenvalue weighted by Crippen LogP contribution is -2.69. The van der Waals surface area contributed by atoms with Crippen LogP contribution in [-0.2, 0) is 14.4 Å². The SMILES string of the molecule is C=CC[C@H]1C[C@]2(CC=C)C(=O)/C(=C(\O)c3ccccc3)C(=O)[C@@](CC=C)(C2=O)C1(C)C. The van der Waals surface area contributed by atoms with E-state index in [4.69, 9.17) is 0 Å². The molecule has 4 heteroatoms. The fourth-order valence-electron chi connectivity index (χ4n) is 5.68. The van der Waals surface area contributed by atoms with Crippen LogP contribution in [-0.4, -0.2) is 22.5 Å². The Morgan fingerprint density at radius 2 is 1.61 bits per heavy atom. The van der Waals surface area contributed by atoms with Gasteiger partial charge in [0.15, 0.2) is 17.3 Å². The van der Waals surface area contributed by atoms with E-state index < -0.39 is 27.8 Å². The lowest BCUT2D eigenvalue weighted by Gasteiger charge is -2.60. The molecule has 3 atom stereocenters. The molecule has 0 radical (unpaired) electrons. The van der Waals surface area contributed by atoms with E-state index in [2.05, 4.69) is 19.7 Å². The Labute approximate surface area is 184 Å². The van der Waals surface area contributed by atoms with Crippen molar-refractivity contribution in [1.29, 1.82) is 0 Å². The molecule has 2 bridgehead atoms. The third-order valence-electron chi connectivity index (χ3n) is 7.49. The quantitative estimate of drug-likeness (QED) is 0.211. The molecule has 0 unspecified atom stereocenters. The number of hydrogen-bond donors (Lipinski definition) is 1. The minimum atomic E-state index is -1.49. The number of carbonyl (C=O) groups is 3. The molecule has 1 aromatic rings. The zero-order valence-corrected chi connectivity index (χ0v) is 18.3. The van der Waals surface area contributed by atoms with Crippen LogP contribution >= 0.6 is 0 Å². The second-order valence-corrected chi connectivity index (χ2v) is 9.20. The number of carbonyl (C=O) groups excluding carboxylic acids is 3. The van der Waals surface area contributed by atoms with Crippen LogP contribution < -0.4 is 0 Å². The summed E-state index contributed by atoms with van der Waals surface area (Å²) in [5.74, 6) is -2.07. The van der Waals surface area contributed by atoms with Gasteiger partial charge in [-0.25, -0.2) is 0 Å². The number of allylic oxidation sites excluding steroid dienone is 4. The zero-order valence-electron chi connectivity index (χ0n) is 18.3. The smallest absolute Gasteiger partial charge is 0.184 e. The van der Waals surface area contributed by atoms with Crippen LogP contribution in [0.25, 0.3) is 5.76 Å². The topological polar surface area (TPSA) is 71.4 Å². The van der Waals surface area contributed by atoms with E-state index in [1.165, 1.54) is 0 Å². The van der Waals surface area contributed by atoms with Gasteiger partial charge in [-0.1, -0.05) is 62.4 Å². The Balaban J connectivity index is 2.41. The number of aliphatic hydroxyl groups is 1. The molecule has 2 aliphatic rings. The first-order valence-corrected chi connectivity index (χ1v) is 10.6. The molecule has 4 nitrogen and oxygen atoms in total. The predicted molar refractivity (Wildman–Crippen MR) is 122 cm³/mol. The van der Waals surface area contributed by atoms with Gasteiger partial charge in [0.2, 0.25) is 0 Å². The molecule has 0 saturated heterocycles. The number of fused-ring (bicyclic) bond motifs is 2. The van der Waals surface area contributed by atoms with Gasteiger partial charge in [-0.3, -0.25) is 14.4 Å². The second kappa shape index (κ2) is 7.92. The first kappa shape index (κ1) is 22.7. The van der Waals surface area contributed by atoms with E-state index in [0.717, 1.165) is 0 Å². The molecular weight excluding hydrogens is 388 g/mol. The molecule has 2 aliphatic carbocycles. The number of ketones is 3. The molecule has 0 aromatic heterocycles. The molecule has 0 aliphatic heterocycles. The lowest BCUT2D eigenvalue weighted by molar-refractivity contribution is -0.176. The monoisotopic (exact) mass is 418 g/mol. The standard InChI is InChI=1S/C27H30O4/c1-6-12-19-17-26(15-7-2)22(29)20(21(28)18-13-10-9-11-14-18)23(30)27(16-8-3,24(26)31)25(19,4)5/h6-11,13-14,19,28H,1-3,12,15-17H2,4-5H3/b21-20+/t19-,26+,27-/m0/s1. The summed E-state index contributed by atoms with van der Waals surface area (Å²) >= 11 is 0. The summed E-state index contributed by atoms with van der Waals surface area (Å²) in [5.41, 5.74) is -3.60. The van der Waals surface area contributed by atoms with E-state index in [1.807, 2.05) is 13.8 Å². The molecule has 1 aromatic carbocycles. The van der Waals surface area contributed by atoms with Crippen molar-refractivity contribution >= 4 is 23.1 Å². The Morgan fingerprint density at radius 3 is 2.16 bits per heavy atom. The Bertz CT molecular complexity index is 997. The predicted octanol–water partition coefficient (Wildman–Crippen LogP) is 5.42. The largest absolute Gasteiger partial charge is 0.506 e. The average Bonchev–Trinajstić information content (AvgIpc) is 2.74. The van der Waals surface area contributed by atoms with Crippen LogP contribution in [0, 0.1) is 22.2 Å². The van der Waals surface area contributed by atoms with Crippen LogP contribution in [0.1, 0.15) is 45.1 Å². The number of hydrogen-bond acceptors (Lipinski definition) is 4. The van der Waals surface area contributed by atoms with Crippen molar-refractivity contribution in [2.45, 2.75) is 39.5 Å². The van der Waals surface area contributed by atoms with Crippen LogP contribution in [0.2, 0.25) is 0 Å². The normalized spacial score (nSPS) is 31.2. The molecule has 0 heterocycles. The Hall–Kier alpha value is -3.01. The van der Waals surface area contributed by atoms with E-state index in [-0.39, 0.29) is 42.3 Å². The van der Waals surface area contributed by atoms with Gasteiger partial charge in [0.1, 0.15) is 16.7 Å². The van der Waals surface area contributed by atoms with Gasteiger partial charge in [-0.15, -0.1) is 19.7 Å². The van der Waals surface area contributed by atoms with Gasteiger partial charge in [0, 0.05) is 5.56 Å². The number of Topliss-reactive ketones (excluding diaryl/α,β-unsaturated/α-hetero) is 3. The maximum absolute atomic E-state index is 14.1. The maximum atomic E-state index is 14.1. The van der Waals surface area contributed by atoms with Gasteiger partial charge in [-0.05, 0) is 37.0 Å². The van der Waals surface area contributed by atoms with Crippen LogP contribution in [0.15, 0.2) is 73.9 Å². The van der Waals surface area contributed by atoms with Crippen molar-refractivity contribution in [3.8, 4) is 0 Å². The molecule has 31 heavy (non-hydrogen) atoms. The first-order valence-electron chi connectivity index (χ1n) is 10.6. The highest BCUT2D eigenvalue weighted by molar-refractivity contribution is 6.41. The molecule has 2 saturated carbocycles. The van der Waals surface area contributed by atoms with Gasteiger partial charge in [-0.2, -0.15) is 0 Å². The molecule has 1 N–H and O–H groups in total. The summed E-state index contributed by atoms with van der Waals surface area (Å²) in [5, 5.41) is 11.1. The highest BCUT2D eigenvalue weighted by atomic mass is 16.3. The second-order valence-electron chi connectivity index (χ2n) is 9.20. The van der Waals surface area contributed by atoms with Crippen LogP contribution in [0.3, 0.4) is 0 Å². The van der Waals surface area contributed by atoms with Crippen LogP contribution in [0.4, 0.5) is 0 Å². The van der Waals surface area contributed by atoms with E-state index in [0.29, 0.717) is 12.0 Å². The third-order valence-corrected chi connectivity index (χ3v) is 7.49. The molecule has 2 fully saturated rings. The van der Waals surface area contributed by atoms with E-state index in [1.54, 1.807) is 48.6 Å². The number of aliphatic hydroxyl groups excluding tert-OH is 1. The van der Waals surface area contributed by atoms with Crippen molar-refractivity contribution in [3.63, 3.8) is 0 Å². The summed E-state index contributed by atoms with van der Waals surface area (Å²) < 4.78 is 0. The minimum Gasteiger partial charge on any atom is -0.506 e. The third kappa shape index (κ3) is 2.92. The number of rotatable bonds is 7. The summed E-state index contributed by atoms with van der Waals surface area (Å²) in [6.45, 7) is 15.3. The highest BCUT2D eigenvalue weighted by Gasteiger charge is 2.73. The summed E-state index contributed by atoms with van der Waals surface area (Å²) in [4.78, 5) is 41.9. The fraction of sp³-hybridized carbons (Fsp3) is 0.370. The maximum Gasteiger partial charge on any atom is 0.184 e. The van der Waals surface area contributed by atoms with Crippen molar-refractivity contribution < 1.29 is 19.5 Å². The van der Waals surface area contributed by atoms with Crippen molar-refractivity contribution in [2.75, 3.05) is 0 Å². The van der Waals surface area contributed by atoms with Crippen LogP contribution in [0.5, 0.6) is 0 Å².